The monoisotopic (exact) mass is 225 g/mol. The SMILES string of the molecule is CCC.COc1ccc(OC)c(N2CO2)c1. The summed E-state index contributed by atoms with van der Waals surface area (Å²) in [5.41, 5.74) is 0.904. The minimum atomic E-state index is 0.615. The van der Waals surface area contributed by atoms with E-state index in [0.29, 0.717) is 6.73 Å². The van der Waals surface area contributed by atoms with E-state index in [4.69, 9.17) is 14.3 Å². The van der Waals surface area contributed by atoms with Crippen LogP contribution in [-0.4, -0.2) is 21.0 Å². The normalized spacial score (nSPS) is 12.6. The highest BCUT2D eigenvalue weighted by atomic mass is 16.8. The van der Waals surface area contributed by atoms with Gasteiger partial charge in [0.1, 0.15) is 17.2 Å². The third-order valence-electron chi connectivity index (χ3n) is 1.91. The topological polar surface area (TPSA) is 34.0 Å². The van der Waals surface area contributed by atoms with Crippen LogP contribution in [0.15, 0.2) is 18.2 Å². The molecule has 4 heteroatoms. The van der Waals surface area contributed by atoms with E-state index in [0.717, 1.165) is 17.2 Å². The van der Waals surface area contributed by atoms with E-state index >= 15 is 0 Å². The number of hydrogen-bond donors (Lipinski definition) is 0. The second-order valence-corrected chi connectivity index (χ2v) is 3.38. The third-order valence-corrected chi connectivity index (χ3v) is 1.91. The van der Waals surface area contributed by atoms with Gasteiger partial charge in [-0.05, 0) is 12.1 Å². The molecule has 1 saturated heterocycles. The van der Waals surface area contributed by atoms with Crippen LogP contribution >= 0.6 is 0 Å². The van der Waals surface area contributed by atoms with Crippen LogP contribution < -0.4 is 14.5 Å². The van der Waals surface area contributed by atoms with Crippen molar-refractivity contribution in [2.45, 2.75) is 20.3 Å². The van der Waals surface area contributed by atoms with Crippen molar-refractivity contribution in [1.82, 2.24) is 0 Å². The highest BCUT2D eigenvalue weighted by Crippen LogP contribution is 2.35. The lowest BCUT2D eigenvalue weighted by Gasteiger charge is -2.08. The van der Waals surface area contributed by atoms with Crippen LogP contribution in [-0.2, 0) is 4.84 Å². The fraction of sp³-hybridized carbons (Fsp3) is 0.500. The Morgan fingerprint density at radius 3 is 2.31 bits per heavy atom. The molecule has 2 rings (SSSR count). The van der Waals surface area contributed by atoms with E-state index in [-0.39, 0.29) is 0 Å². The van der Waals surface area contributed by atoms with Gasteiger partial charge in [0.15, 0.2) is 6.73 Å². The van der Waals surface area contributed by atoms with Crippen molar-refractivity contribution < 1.29 is 14.3 Å². The lowest BCUT2D eigenvalue weighted by Crippen LogP contribution is -1.95. The number of methoxy groups -OCH3 is 2. The average Bonchev–Trinajstić information content (AvgIpc) is 3.13. The Labute approximate surface area is 96.7 Å². The number of hydroxylamine groups is 1. The first-order chi connectivity index (χ1) is 7.76. The second kappa shape index (κ2) is 6.23. The molecule has 90 valence electrons. The van der Waals surface area contributed by atoms with Crippen molar-refractivity contribution >= 4 is 5.69 Å². The zero-order valence-corrected chi connectivity index (χ0v) is 10.3. The van der Waals surface area contributed by atoms with Crippen molar-refractivity contribution in [3.05, 3.63) is 18.2 Å². The maximum Gasteiger partial charge on any atom is 0.171 e. The van der Waals surface area contributed by atoms with Crippen molar-refractivity contribution in [1.29, 1.82) is 0 Å². The van der Waals surface area contributed by atoms with Gasteiger partial charge in [0.25, 0.3) is 0 Å². The van der Waals surface area contributed by atoms with Gasteiger partial charge in [-0.2, -0.15) is 0 Å². The third kappa shape index (κ3) is 3.31. The predicted octanol–water partition coefficient (Wildman–Crippen LogP) is 2.83. The minimum Gasteiger partial charge on any atom is -0.497 e. The molecule has 0 bridgehead atoms. The summed E-state index contributed by atoms with van der Waals surface area (Å²) in [4.78, 5) is 5.03. The Kier molecular flexibility index (Phi) is 4.92. The Balaban J connectivity index is 0.000000386. The summed E-state index contributed by atoms with van der Waals surface area (Å²) >= 11 is 0. The van der Waals surface area contributed by atoms with Gasteiger partial charge in [-0.15, -0.1) is 0 Å². The van der Waals surface area contributed by atoms with Crippen LogP contribution in [0.2, 0.25) is 0 Å². The van der Waals surface area contributed by atoms with E-state index in [1.165, 1.54) is 6.42 Å². The molecule has 1 aromatic carbocycles. The highest BCUT2D eigenvalue weighted by molar-refractivity contribution is 5.61. The zero-order chi connectivity index (χ0) is 12.0. The summed E-state index contributed by atoms with van der Waals surface area (Å²) in [6.07, 6.45) is 1.25. The van der Waals surface area contributed by atoms with Crippen molar-refractivity contribution in [3.8, 4) is 11.5 Å². The molecular formula is C12H19NO3. The molecule has 4 nitrogen and oxygen atoms in total. The molecule has 1 aliphatic rings. The van der Waals surface area contributed by atoms with Gasteiger partial charge in [-0.25, -0.2) is 9.90 Å². The first-order valence-electron chi connectivity index (χ1n) is 5.39. The number of benzene rings is 1. The quantitative estimate of drug-likeness (QED) is 0.741. The van der Waals surface area contributed by atoms with Gasteiger partial charge in [0.05, 0.1) is 14.2 Å². The van der Waals surface area contributed by atoms with Crippen molar-refractivity contribution in [2.75, 3.05) is 26.0 Å². The van der Waals surface area contributed by atoms with Gasteiger partial charge in [0, 0.05) is 6.07 Å². The van der Waals surface area contributed by atoms with Gasteiger partial charge in [-0.1, -0.05) is 20.3 Å². The number of ether oxygens (including phenoxy) is 2. The lowest BCUT2D eigenvalue weighted by atomic mass is 10.3. The molecule has 0 amide bonds. The summed E-state index contributed by atoms with van der Waals surface area (Å²) in [5.74, 6) is 1.59. The number of hydrogen-bond acceptors (Lipinski definition) is 4. The molecule has 0 atom stereocenters. The number of rotatable bonds is 3. The first-order valence-corrected chi connectivity index (χ1v) is 5.39. The van der Waals surface area contributed by atoms with E-state index in [9.17, 15) is 0 Å². The minimum absolute atomic E-state index is 0.615. The molecule has 0 spiro atoms. The molecule has 0 radical (unpaired) electrons. The number of nitrogens with zero attached hydrogens (tertiary/aromatic N) is 1. The average molecular weight is 225 g/mol. The fourth-order valence-corrected chi connectivity index (χ4v) is 1.16. The molecule has 0 unspecified atom stereocenters. The summed E-state index contributed by atoms with van der Waals surface area (Å²) < 4.78 is 10.3. The standard InChI is InChI=1S/C9H11NO3.C3H8/c1-11-7-3-4-9(12-2)8(5-7)10-6-13-10;1-3-2/h3-5H,6H2,1-2H3;3H2,1-2H3. The molecule has 0 aromatic heterocycles. The maximum atomic E-state index is 5.17. The zero-order valence-electron chi connectivity index (χ0n) is 10.3. The number of anilines is 1. The first kappa shape index (κ1) is 12.6. The van der Waals surface area contributed by atoms with Crippen LogP contribution in [0.1, 0.15) is 20.3 Å². The van der Waals surface area contributed by atoms with Crippen LogP contribution in [0.5, 0.6) is 11.5 Å². The van der Waals surface area contributed by atoms with Crippen LogP contribution in [0, 0.1) is 0 Å². The van der Waals surface area contributed by atoms with Gasteiger partial charge < -0.3 is 9.47 Å². The van der Waals surface area contributed by atoms with Gasteiger partial charge >= 0.3 is 0 Å². The van der Waals surface area contributed by atoms with Crippen molar-refractivity contribution in [3.63, 3.8) is 0 Å². The van der Waals surface area contributed by atoms with Crippen LogP contribution in [0.25, 0.3) is 0 Å². The van der Waals surface area contributed by atoms with Crippen LogP contribution in [0.4, 0.5) is 5.69 Å². The molecule has 0 aliphatic carbocycles. The van der Waals surface area contributed by atoms with E-state index in [2.05, 4.69) is 13.8 Å². The molecule has 0 N–H and O–H groups in total. The Bertz CT molecular complexity index is 324. The molecule has 0 saturated carbocycles. The maximum absolute atomic E-state index is 5.17. The summed E-state index contributed by atoms with van der Waals surface area (Å²) in [6.45, 7) is 4.86. The molecule has 1 aromatic rings. The Hall–Kier alpha value is -1.42. The van der Waals surface area contributed by atoms with Crippen molar-refractivity contribution in [2.24, 2.45) is 0 Å². The summed E-state index contributed by atoms with van der Waals surface area (Å²) in [5, 5.41) is 1.74. The molecule has 1 aliphatic heterocycles. The molecule has 16 heavy (non-hydrogen) atoms. The highest BCUT2D eigenvalue weighted by Gasteiger charge is 2.24. The Morgan fingerprint density at radius 1 is 1.25 bits per heavy atom. The van der Waals surface area contributed by atoms with Gasteiger partial charge in [0.2, 0.25) is 0 Å². The summed E-state index contributed by atoms with van der Waals surface area (Å²) in [6, 6.07) is 5.59. The van der Waals surface area contributed by atoms with E-state index in [1.54, 1.807) is 19.3 Å². The molecule has 1 fully saturated rings. The Morgan fingerprint density at radius 2 is 1.88 bits per heavy atom. The molecule has 1 heterocycles. The van der Waals surface area contributed by atoms with E-state index < -0.39 is 0 Å². The van der Waals surface area contributed by atoms with Gasteiger partial charge in [-0.3, -0.25) is 0 Å². The summed E-state index contributed by atoms with van der Waals surface area (Å²) in [7, 11) is 3.27. The second-order valence-electron chi connectivity index (χ2n) is 3.38. The fourth-order valence-electron chi connectivity index (χ4n) is 1.16. The smallest absolute Gasteiger partial charge is 0.171 e. The largest absolute Gasteiger partial charge is 0.497 e. The lowest BCUT2D eigenvalue weighted by molar-refractivity contribution is 0.397. The predicted molar refractivity (Wildman–Crippen MR) is 63.9 cm³/mol. The van der Waals surface area contributed by atoms with Crippen LogP contribution in [0.3, 0.4) is 0 Å². The van der Waals surface area contributed by atoms with E-state index in [1.807, 2.05) is 18.2 Å². The molecular weight excluding hydrogens is 206 g/mol.